The van der Waals surface area contributed by atoms with E-state index < -0.39 is 0 Å². The fourth-order valence-corrected chi connectivity index (χ4v) is 4.22. The van der Waals surface area contributed by atoms with Crippen molar-refractivity contribution in [2.24, 2.45) is 4.99 Å². The lowest BCUT2D eigenvalue weighted by Crippen LogP contribution is -2.57. The molecule has 0 radical (unpaired) electrons. The fraction of sp³-hybridized carbons (Fsp3) is 0.652. The first-order valence-electron chi connectivity index (χ1n) is 11.2. The van der Waals surface area contributed by atoms with E-state index in [1.807, 2.05) is 4.90 Å². The summed E-state index contributed by atoms with van der Waals surface area (Å²) in [6.45, 7) is 13.5. The Bertz CT molecular complexity index is 669. The Kier molecular flexibility index (Phi) is 10.4. The zero-order valence-electron chi connectivity index (χ0n) is 18.7. The molecule has 30 heavy (non-hydrogen) atoms. The van der Waals surface area contributed by atoms with E-state index >= 15 is 0 Å². The van der Waals surface area contributed by atoms with Gasteiger partial charge in [-0.15, -0.1) is 24.0 Å². The van der Waals surface area contributed by atoms with Gasteiger partial charge in [-0.2, -0.15) is 0 Å². The van der Waals surface area contributed by atoms with Crippen molar-refractivity contribution in [3.8, 4) is 0 Å². The minimum Gasteiger partial charge on any atom is -0.357 e. The highest BCUT2D eigenvalue weighted by Crippen LogP contribution is 2.16. The van der Waals surface area contributed by atoms with Gasteiger partial charge in [0.15, 0.2) is 5.96 Å². The topological polar surface area (TPSA) is 51.2 Å². The van der Waals surface area contributed by atoms with Crippen LogP contribution < -0.4 is 5.32 Å². The number of carbonyl (C=O) groups excluding carboxylic acids is 1. The van der Waals surface area contributed by atoms with Crippen LogP contribution in [0.3, 0.4) is 0 Å². The second kappa shape index (κ2) is 12.5. The molecule has 1 aromatic carbocycles. The van der Waals surface area contributed by atoms with Crippen LogP contribution in [0.2, 0.25) is 0 Å². The first-order valence-corrected chi connectivity index (χ1v) is 11.2. The Hall–Kier alpha value is -1.35. The molecule has 0 saturated carbocycles. The third kappa shape index (κ3) is 6.57. The minimum atomic E-state index is -0.0205. The summed E-state index contributed by atoms with van der Waals surface area (Å²) in [5.74, 6) is 1.69. The summed E-state index contributed by atoms with van der Waals surface area (Å²) in [4.78, 5) is 24.3. The standard InChI is InChI=1S/C23H37N5O.HI/c1-4-24-23(25-18-19(2)21-10-6-5-7-11-21)28-16-14-26(15-17-28)20(3)22(29)27-12-8-9-13-27;/h5-7,10-11,19-20H,4,8-9,12-18H2,1-3H3,(H,24,25);1H. The summed E-state index contributed by atoms with van der Waals surface area (Å²) in [6, 6.07) is 10.6. The SMILES string of the molecule is CCNC(=NCC(C)c1ccccc1)N1CCN(C(C)C(=O)N2CCCC2)CC1.I. The van der Waals surface area contributed by atoms with Gasteiger partial charge in [0.2, 0.25) is 5.91 Å². The van der Waals surface area contributed by atoms with Crippen molar-refractivity contribution >= 4 is 35.8 Å². The van der Waals surface area contributed by atoms with Gasteiger partial charge in [-0.25, -0.2) is 0 Å². The predicted molar refractivity (Wildman–Crippen MR) is 135 cm³/mol. The van der Waals surface area contributed by atoms with Crippen LogP contribution in [-0.4, -0.2) is 85.0 Å². The van der Waals surface area contributed by atoms with E-state index in [1.54, 1.807) is 0 Å². The number of amides is 1. The maximum atomic E-state index is 12.7. The fourth-order valence-electron chi connectivity index (χ4n) is 4.22. The Morgan fingerprint density at radius 2 is 1.63 bits per heavy atom. The summed E-state index contributed by atoms with van der Waals surface area (Å²) in [5.41, 5.74) is 1.33. The third-order valence-electron chi connectivity index (χ3n) is 6.16. The Morgan fingerprint density at radius 3 is 2.23 bits per heavy atom. The van der Waals surface area contributed by atoms with Crippen molar-refractivity contribution < 1.29 is 4.79 Å². The van der Waals surface area contributed by atoms with Crippen LogP contribution in [0.5, 0.6) is 0 Å². The average molecular weight is 527 g/mol. The molecule has 1 amide bonds. The largest absolute Gasteiger partial charge is 0.357 e. The maximum absolute atomic E-state index is 12.7. The molecule has 6 nitrogen and oxygen atoms in total. The number of likely N-dealkylation sites (tertiary alicyclic amines) is 1. The molecule has 168 valence electrons. The van der Waals surface area contributed by atoms with Gasteiger partial charge >= 0.3 is 0 Å². The third-order valence-corrected chi connectivity index (χ3v) is 6.16. The van der Waals surface area contributed by atoms with E-state index in [0.29, 0.717) is 11.8 Å². The van der Waals surface area contributed by atoms with Crippen LogP contribution in [0.4, 0.5) is 0 Å². The van der Waals surface area contributed by atoms with Gasteiger partial charge in [-0.3, -0.25) is 14.7 Å². The summed E-state index contributed by atoms with van der Waals surface area (Å²) in [6.07, 6.45) is 2.30. The summed E-state index contributed by atoms with van der Waals surface area (Å²) >= 11 is 0. The second-order valence-electron chi connectivity index (χ2n) is 8.24. The first-order chi connectivity index (χ1) is 14.1. The molecular formula is C23H38IN5O. The molecule has 2 aliphatic rings. The number of hydrogen-bond acceptors (Lipinski definition) is 3. The van der Waals surface area contributed by atoms with Gasteiger partial charge in [0.25, 0.3) is 0 Å². The number of nitrogens with one attached hydrogen (secondary N) is 1. The zero-order chi connectivity index (χ0) is 20.6. The van der Waals surface area contributed by atoms with Crippen molar-refractivity contribution in [2.45, 2.75) is 45.6 Å². The molecule has 3 rings (SSSR count). The first kappa shape index (κ1) is 24.9. The molecule has 7 heteroatoms. The molecule has 2 unspecified atom stereocenters. The minimum absolute atomic E-state index is 0. The van der Waals surface area contributed by atoms with E-state index in [-0.39, 0.29) is 30.0 Å². The molecule has 2 aliphatic heterocycles. The van der Waals surface area contributed by atoms with Gasteiger partial charge in [0.1, 0.15) is 0 Å². The van der Waals surface area contributed by atoms with Gasteiger partial charge in [-0.05, 0) is 32.3 Å². The molecule has 2 heterocycles. The average Bonchev–Trinajstić information content (AvgIpc) is 3.31. The molecular weight excluding hydrogens is 489 g/mol. The number of benzene rings is 1. The van der Waals surface area contributed by atoms with E-state index in [9.17, 15) is 4.79 Å². The van der Waals surface area contributed by atoms with Crippen molar-refractivity contribution in [2.75, 3.05) is 52.4 Å². The quantitative estimate of drug-likeness (QED) is 0.351. The molecule has 0 spiro atoms. The molecule has 2 fully saturated rings. The Morgan fingerprint density at radius 1 is 1.00 bits per heavy atom. The van der Waals surface area contributed by atoms with Crippen molar-refractivity contribution in [3.63, 3.8) is 0 Å². The van der Waals surface area contributed by atoms with Crippen LogP contribution in [0, 0.1) is 0 Å². The number of guanidine groups is 1. The number of rotatable bonds is 6. The van der Waals surface area contributed by atoms with Gasteiger partial charge in [-0.1, -0.05) is 37.3 Å². The van der Waals surface area contributed by atoms with Crippen LogP contribution in [0.15, 0.2) is 35.3 Å². The van der Waals surface area contributed by atoms with Gasteiger partial charge in [0.05, 0.1) is 6.04 Å². The zero-order valence-corrected chi connectivity index (χ0v) is 21.0. The summed E-state index contributed by atoms with van der Waals surface area (Å²) in [7, 11) is 0. The number of nitrogens with zero attached hydrogens (tertiary/aromatic N) is 4. The Labute approximate surface area is 199 Å². The molecule has 0 aromatic heterocycles. The van der Waals surface area contributed by atoms with Crippen molar-refractivity contribution in [3.05, 3.63) is 35.9 Å². The van der Waals surface area contributed by atoms with Crippen LogP contribution in [0.25, 0.3) is 0 Å². The second-order valence-corrected chi connectivity index (χ2v) is 8.24. The predicted octanol–water partition coefficient (Wildman–Crippen LogP) is 3.00. The van der Waals surface area contributed by atoms with E-state index in [0.717, 1.165) is 71.2 Å². The molecule has 0 bridgehead atoms. The molecule has 1 aromatic rings. The molecule has 0 aliphatic carbocycles. The van der Waals surface area contributed by atoms with Gasteiger partial charge in [0, 0.05) is 58.3 Å². The molecule has 1 N–H and O–H groups in total. The lowest BCUT2D eigenvalue weighted by molar-refractivity contribution is -0.135. The van der Waals surface area contributed by atoms with Crippen molar-refractivity contribution in [1.82, 2.24) is 20.0 Å². The normalized spacial score (nSPS) is 19.9. The van der Waals surface area contributed by atoms with E-state index in [2.05, 4.69) is 66.2 Å². The number of piperazine rings is 1. The van der Waals surface area contributed by atoms with Gasteiger partial charge < -0.3 is 15.1 Å². The lowest BCUT2D eigenvalue weighted by atomic mass is 10.0. The van der Waals surface area contributed by atoms with E-state index in [1.165, 1.54) is 5.56 Å². The maximum Gasteiger partial charge on any atom is 0.239 e. The van der Waals surface area contributed by atoms with Crippen molar-refractivity contribution in [1.29, 1.82) is 0 Å². The number of hydrogen-bond donors (Lipinski definition) is 1. The van der Waals surface area contributed by atoms with Crippen LogP contribution in [0.1, 0.15) is 45.1 Å². The summed E-state index contributed by atoms with van der Waals surface area (Å²) in [5, 5.41) is 3.45. The lowest BCUT2D eigenvalue weighted by Gasteiger charge is -2.39. The van der Waals surface area contributed by atoms with Crippen LogP contribution >= 0.6 is 24.0 Å². The Balaban J connectivity index is 0.00000320. The smallest absolute Gasteiger partial charge is 0.239 e. The highest BCUT2D eigenvalue weighted by Gasteiger charge is 2.30. The molecule has 2 saturated heterocycles. The molecule has 2 atom stereocenters. The number of aliphatic imine (C=N–C) groups is 1. The number of halogens is 1. The number of carbonyl (C=O) groups is 1. The monoisotopic (exact) mass is 527 g/mol. The highest BCUT2D eigenvalue weighted by molar-refractivity contribution is 14.0. The van der Waals surface area contributed by atoms with E-state index in [4.69, 9.17) is 4.99 Å². The van der Waals surface area contributed by atoms with Crippen LogP contribution in [-0.2, 0) is 4.79 Å². The summed E-state index contributed by atoms with van der Waals surface area (Å²) < 4.78 is 0. The highest BCUT2D eigenvalue weighted by atomic mass is 127.